The van der Waals surface area contributed by atoms with Crippen molar-refractivity contribution in [1.82, 2.24) is 4.98 Å². The van der Waals surface area contributed by atoms with Gasteiger partial charge in [0.2, 0.25) is 0 Å². The Kier molecular flexibility index (Phi) is 4.00. The summed E-state index contributed by atoms with van der Waals surface area (Å²) in [5.74, 6) is 0.162. The van der Waals surface area contributed by atoms with Crippen LogP contribution in [0.2, 0.25) is 0 Å². The molecule has 1 aliphatic rings. The molecule has 0 saturated heterocycles. The number of nitrogens with zero attached hydrogens (tertiary/aromatic N) is 2. The lowest BCUT2D eigenvalue weighted by Gasteiger charge is -2.30. The van der Waals surface area contributed by atoms with Crippen LogP contribution in [0.1, 0.15) is 44.0 Å². The lowest BCUT2D eigenvalue weighted by molar-refractivity contribution is 0.621. The molecule has 0 bridgehead atoms. The Morgan fingerprint density at radius 3 is 2.30 bits per heavy atom. The van der Waals surface area contributed by atoms with E-state index in [1.165, 1.54) is 12.1 Å². The summed E-state index contributed by atoms with van der Waals surface area (Å²) in [5.41, 5.74) is 4.25. The van der Waals surface area contributed by atoms with Gasteiger partial charge in [0.05, 0.1) is 22.6 Å². The van der Waals surface area contributed by atoms with Gasteiger partial charge < -0.3 is 10.2 Å². The van der Waals surface area contributed by atoms with E-state index in [-0.39, 0.29) is 11.4 Å². The molecule has 1 heterocycles. The number of halogens is 1. The van der Waals surface area contributed by atoms with Crippen molar-refractivity contribution in [1.29, 1.82) is 0 Å². The standard InChI is InChI=1S/C19H24FN3/c1-13(2)18-16(21-3)9-10-17(22-18)19(11-12-19)23(4)15-7-5-14(20)6-8-15/h5-10,13,21H,11-12H2,1-4H3. The molecule has 0 unspecified atom stereocenters. The number of hydrogen-bond acceptors (Lipinski definition) is 3. The molecule has 0 aliphatic heterocycles. The summed E-state index contributed by atoms with van der Waals surface area (Å²) in [7, 11) is 4.00. The number of anilines is 2. The molecule has 1 N–H and O–H groups in total. The van der Waals surface area contributed by atoms with Gasteiger partial charge in [0.25, 0.3) is 0 Å². The number of rotatable bonds is 5. The molecule has 0 spiro atoms. The van der Waals surface area contributed by atoms with Crippen molar-refractivity contribution in [3.63, 3.8) is 0 Å². The van der Waals surface area contributed by atoms with Gasteiger partial charge in [-0.25, -0.2) is 4.39 Å². The predicted octanol–water partition coefficient (Wildman–Crippen LogP) is 4.51. The number of hydrogen-bond donors (Lipinski definition) is 1. The zero-order valence-corrected chi connectivity index (χ0v) is 14.2. The monoisotopic (exact) mass is 313 g/mol. The Hall–Kier alpha value is -2.10. The summed E-state index contributed by atoms with van der Waals surface area (Å²) in [6.07, 6.45) is 2.15. The highest BCUT2D eigenvalue weighted by Gasteiger charge is 2.49. The molecule has 122 valence electrons. The van der Waals surface area contributed by atoms with E-state index in [9.17, 15) is 4.39 Å². The topological polar surface area (TPSA) is 28.2 Å². The zero-order valence-electron chi connectivity index (χ0n) is 14.2. The van der Waals surface area contributed by atoms with Crippen molar-refractivity contribution >= 4 is 11.4 Å². The molecule has 1 aromatic carbocycles. The summed E-state index contributed by atoms with van der Waals surface area (Å²) in [5, 5.41) is 3.23. The van der Waals surface area contributed by atoms with E-state index in [4.69, 9.17) is 4.98 Å². The van der Waals surface area contributed by atoms with Gasteiger partial charge in [0.1, 0.15) is 5.82 Å². The predicted molar refractivity (Wildman–Crippen MR) is 93.6 cm³/mol. The van der Waals surface area contributed by atoms with Gasteiger partial charge >= 0.3 is 0 Å². The minimum absolute atomic E-state index is 0.0618. The molecule has 1 aromatic heterocycles. The van der Waals surface area contributed by atoms with Crippen LogP contribution in [0.25, 0.3) is 0 Å². The summed E-state index contributed by atoms with van der Waals surface area (Å²) in [6.45, 7) is 4.33. The average Bonchev–Trinajstić information content (AvgIpc) is 3.36. The fourth-order valence-electron chi connectivity index (χ4n) is 3.18. The quantitative estimate of drug-likeness (QED) is 0.880. The molecular formula is C19H24FN3. The van der Waals surface area contributed by atoms with E-state index in [0.717, 1.165) is 35.6 Å². The van der Waals surface area contributed by atoms with Gasteiger partial charge in [-0.3, -0.25) is 4.98 Å². The SMILES string of the molecule is CNc1ccc(C2(N(C)c3ccc(F)cc3)CC2)nc1C(C)C. The van der Waals surface area contributed by atoms with Gasteiger partial charge in [-0.05, 0) is 55.2 Å². The smallest absolute Gasteiger partial charge is 0.123 e. The molecule has 3 rings (SSSR count). The van der Waals surface area contributed by atoms with Crippen molar-refractivity contribution in [3.8, 4) is 0 Å². The van der Waals surface area contributed by atoms with Crippen LogP contribution >= 0.6 is 0 Å². The molecule has 1 saturated carbocycles. The van der Waals surface area contributed by atoms with Gasteiger partial charge in [-0.2, -0.15) is 0 Å². The molecule has 0 amide bonds. The highest BCUT2D eigenvalue weighted by molar-refractivity contribution is 5.55. The van der Waals surface area contributed by atoms with Crippen LogP contribution in [0.3, 0.4) is 0 Å². The molecule has 1 aliphatic carbocycles. The summed E-state index contributed by atoms with van der Waals surface area (Å²) in [4.78, 5) is 7.20. The van der Waals surface area contributed by atoms with Crippen molar-refractivity contribution < 1.29 is 4.39 Å². The van der Waals surface area contributed by atoms with Crippen LogP contribution in [0.4, 0.5) is 15.8 Å². The lowest BCUT2D eigenvalue weighted by atomic mass is 10.0. The first-order valence-corrected chi connectivity index (χ1v) is 8.16. The van der Waals surface area contributed by atoms with E-state index in [1.54, 1.807) is 0 Å². The number of benzene rings is 1. The molecule has 0 radical (unpaired) electrons. The zero-order chi connectivity index (χ0) is 16.6. The summed E-state index contributed by atoms with van der Waals surface area (Å²) >= 11 is 0. The van der Waals surface area contributed by atoms with Gasteiger partial charge in [0, 0.05) is 19.8 Å². The second-order valence-electron chi connectivity index (χ2n) is 6.60. The minimum Gasteiger partial charge on any atom is -0.387 e. The lowest BCUT2D eigenvalue weighted by Crippen LogP contribution is -2.32. The summed E-state index contributed by atoms with van der Waals surface area (Å²) in [6, 6.07) is 10.9. The number of nitrogens with one attached hydrogen (secondary N) is 1. The maximum absolute atomic E-state index is 13.2. The third kappa shape index (κ3) is 2.78. The van der Waals surface area contributed by atoms with Crippen LogP contribution in [0, 0.1) is 5.82 Å². The van der Waals surface area contributed by atoms with Crippen molar-refractivity contribution in [2.24, 2.45) is 0 Å². The van der Waals surface area contributed by atoms with Crippen LogP contribution in [-0.4, -0.2) is 19.1 Å². The first-order chi connectivity index (χ1) is 11.0. The number of aromatic nitrogens is 1. The molecule has 23 heavy (non-hydrogen) atoms. The Balaban J connectivity index is 1.97. The van der Waals surface area contributed by atoms with E-state index < -0.39 is 0 Å². The van der Waals surface area contributed by atoms with E-state index in [0.29, 0.717) is 5.92 Å². The fraction of sp³-hybridized carbons (Fsp3) is 0.421. The molecule has 3 nitrogen and oxygen atoms in total. The Morgan fingerprint density at radius 2 is 1.78 bits per heavy atom. The van der Waals surface area contributed by atoms with Crippen molar-refractivity contribution in [3.05, 3.63) is 53.6 Å². The first kappa shape index (κ1) is 15.8. The fourth-order valence-corrected chi connectivity index (χ4v) is 3.18. The van der Waals surface area contributed by atoms with E-state index >= 15 is 0 Å². The molecule has 0 atom stereocenters. The van der Waals surface area contributed by atoms with Crippen LogP contribution in [0.15, 0.2) is 36.4 Å². The second-order valence-corrected chi connectivity index (χ2v) is 6.60. The van der Waals surface area contributed by atoms with Crippen molar-refractivity contribution in [2.75, 3.05) is 24.3 Å². The van der Waals surface area contributed by atoms with E-state index in [1.807, 2.05) is 19.2 Å². The highest BCUT2D eigenvalue weighted by Crippen LogP contribution is 2.51. The molecule has 4 heteroatoms. The van der Waals surface area contributed by atoms with Gasteiger partial charge in [0.15, 0.2) is 0 Å². The van der Waals surface area contributed by atoms with Gasteiger partial charge in [-0.15, -0.1) is 0 Å². The Morgan fingerprint density at radius 1 is 1.13 bits per heavy atom. The van der Waals surface area contributed by atoms with Crippen LogP contribution < -0.4 is 10.2 Å². The van der Waals surface area contributed by atoms with Crippen LogP contribution in [-0.2, 0) is 5.54 Å². The maximum Gasteiger partial charge on any atom is 0.123 e. The van der Waals surface area contributed by atoms with Crippen molar-refractivity contribution in [2.45, 2.75) is 38.1 Å². The normalized spacial score (nSPS) is 15.6. The summed E-state index contributed by atoms with van der Waals surface area (Å²) < 4.78 is 13.2. The van der Waals surface area contributed by atoms with Gasteiger partial charge in [-0.1, -0.05) is 13.8 Å². The highest BCUT2D eigenvalue weighted by atomic mass is 19.1. The molecule has 1 fully saturated rings. The molecule has 2 aromatic rings. The largest absolute Gasteiger partial charge is 0.387 e. The first-order valence-electron chi connectivity index (χ1n) is 8.16. The minimum atomic E-state index is -0.203. The van der Waals surface area contributed by atoms with E-state index in [2.05, 4.69) is 43.2 Å². The van der Waals surface area contributed by atoms with Crippen LogP contribution in [0.5, 0.6) is 0 Å². The Labute approximate surface area is 137 Å². The average molecular weight is 313 g/mol. The Bertz CT molecular complexity index is 690. The third-order valence-electron chi connectivity index (χ3n) is 4.80. The number of pyridine rings is 1. The third-order valence-corrected chi connectivity index (χ3v) is 4.80. The second kappa shape index (κ2) is 5.84. The molecular weight excluding hydrogens is 289 g/mol. The maximum atomic E-state index is 13.2.